The Bertz CT molecular complexity index is 2230. The van der Waals surface area contributed by atoms with Gasteiger partial charge in [-0.2, -0.15) is 0 Å². The number of aromatic nitrogens is 2. The zero-order chi connectivity index (χ0) is 47.3. The number of H-pyrrole nitrogens is 2. The zero-order valence-electron chi connectivity index (χ0n) is 41.7. The first-order valence-electron chi connectivity index (χ1n) is 24.9. The number of hydrogen-bond acceptors (Lipinski definition) is 8. The summed E-state index contributed by atoms with van der Waals surface area (Å²) in [5.41, 5.74) is 11.7. The number of aliphatic hydroxyl groups excluding tert-OH is 1. The summed E-state index contributed by atoms with van der Waals surface area (Å²) in [6.07, 6.45) is 20.4. The number of carbonyl (C=O) groups is 3. The number of ketones is 1. The Morgan fingerprint density at radius 3 is 2.03 bits per heavy atom. The maximum atomic E-state index is 14.4. The summed E-state index contributed by atoms with van der Waals surface area (Å²) in [4.78, 5) is 48.8. The maximum Gasteiger partial charge on any atom is 0.321 e. The lowest BCUT2D eigenvalue weighted by molar-refractivity contribution is -0.143. The predicted octanol–water partition coefficient (Wildman–Crippen LogP) is 12.3. The van der Waals surface area contributed by atoms with Crippen LogP contribution in [-0.2, 0) is 19.1 Å². The molecule has 2 aromatic rings. The molecule has 2 fully saturated rings. The molecule has 10 heteroatoms. The summed E-state index contributed by atoms with van der Waals surface area (Å²) in [6.45, 7) is 24.0. The van der Waals surface area contributed by atoms with Gasteiger partial charge in [-0.3, -0.25) is 14.4 Å². The van der Waals surface area contributed by atoms with Gasteiger partial charge < -0.3 is 35.2 Å². The van der Waals surface area contributed by atoms with E-state index in [1.165, 1.54) is 57.6 Å². The lowest BCUT2D eigenvalue weighted by Gasteiger charge is -2.19. The molecule has 0 saturated carbocycles. The van der Waals surface area contributed by atoms with Gasteiger partial charge in [0.25, 0.3) is 0 Å². The van der Waals surface area contributed by atoms with Crippen LogP contribution in [0, 0.1) is 61.2 Å². The third-order valence-corrected chi connectivity index (χ3v) is 15.2. The van der Waals surface area contributed by atoms with Crippen LogP contribution >= 0.6 is 0 Å². The number of carbonyl (C=O) groups excluding carboxylic acids is 3. The topological polar surface area (TPSA) is 146 Å². The molecule has 8 atom stereocenters. The van der Waals surface area contributed by atoms with Crippen LogP contribution in [0.25, 0.3) is 23.8 Å². The van der Waals surface area contributed by atoms with Gasteiger partial charge in [-0.25, -0.2) is 0 Å². The molecule has 5 heterocycles. The molecule has 0 unspecified atom stereocenters. The number of rotatable bonds is 20. The van der Waals surface area contributed by atoms with Crippen molar-refractivity contribution < 1.29 is 29.0 Å². The minimum Gasteiger partial charge on any atom is -0.468 e. The largest absolute Gasteiger partial charge is 0.468 e. The Kier molecular flexibility index (Phi) is 16.7. The van der Waals surface area contributed by atoms with E-state index in [0.717, 1.165) is 87.7 Å². The molecule has 4 aliphatic rings. The van der Waals surface area contributed by atoms with Gasteiger partial charge in [-0.15, -0.1) is 0 Å². The molecule has 10 nitrogen and oxygen atoms in total. The number of hydrogen-bond donors (Lipinski definition) is 5. The van der Waals surface area contributed by atoms with Crippen LogP contribution in [0.3, 0.4) is 0 Å². The van der Waals surface area contributed by atoms with E-state index in [9.17, 15) is 19.5 Å². The highest BCUT2D eigenvalue weighted by molar-refractivity contribution is 6.24. The molecule has 1 aliphatic carbocycles. The molecule has 6 rings (SSSR count). The van der Waals surface area contributed by atoms with Gasteiger partial charge >= 0.3 is 11.9 Å². The second-order valence-corrected chi connectivity index (χ2v) is 20.6. The lowest BCUT2D eigenvalue weighted by atomic mass is 9.85. The third kappa shape index (κ3) is 11.2. The van der Waals surface area contributed by atoms with Gasteiger partial charge in [0.2, 0.25) is 0 Å². The fourth-order valence-corrected chi connectivity index (χ4v) is 11.1. The summed E-state index contributed by atoms with van der Waals surface area (Å²) in [5.74, 6) is -0.0117. The molecule has 0 spiro atoms. The predicted molar refractivity (Wildman–Crippen MR) is 263 cm³/mol. The van der Waals surface area contributed by atoms with Crippen LogP contribution in [0.2, 0.25) is 0 Å². The molecule has 8 bridgehead atoms. The Labute approximate surface area is 389 Å². The standard InChI is InChI=1S/C55H80N4O6/c1-13-39-34(7)41-29-46-48(38(11)60)36(9)43(57-46)27-42-35(8)40(52(58-42)50-51(55(63)64-12)54(62)49-37(10)44(59-53(49)50)28-45(39)56-41)23-24-47(61)65-26-25-33(6)22-16-21-32(5)20-15-19-31(4)18-14-17-30(2)3/h25,27-32,34-35,38-40,51,56-60H,13-24,26H2,1-12H3/b33-25-,41-29-,42-27-,45-28-,52-50-/t31-,32+,34-,35+,38-,39-,40+,51-/m1/s1. The van der Waals surface area contributed by atoms with Crippen molar-refractivity contribution in [3.63, 3.8) is 0 Å². The average molecular weight is 893 g/mol. The molecule has 0 aromatic carbocycles. The number of esters is 2. The molecule has 2 saturated heterocycles. The van der Waals surface area contributed by atoms with Crippen molar-refractivity contribution >= 4 is 41.5 Å². The normalized spacial score (nSPS) is 26.4. The monoisotopic (exact) mass is 893 g/mol. The van der Waals surface area contributed by atoms with Crippen LogP contribution in [0.5, 0.6) is 0 Å². The molecule has 65 heavy (non-hydrogen) atoms. The highest BCUT2D eigenvalue weighted by Crippen LogP contribution is 2.49. The second kappa shape index (κ2) is 21.8. The van der Waals surface area contributed by atoms with Crippen LogP contribution in [-0.4, -0.2) is 46.5 Å². The summed E-state index contributed by atoms with van der Waals surface area (Å²) < 4.78 is 11.1. The Morgan fingerprint density at radius 2 is 1.38 bits per heavy atom. The molecule has 2 aromatic heterocycles. The van der Waals surface area contributed by atoms with Crippen molar-refractivity contribution in [2.45, 2.75) is 159 Å². The first kappa shape index (κ1) is 49.9. The van der Waals surface area contributed by atoms with Gasteiger partial charge in [0.05, 0.1) is 18.9 Å². The molecule has 0 amide bonds. The molecular formula is C55H80N4O6. The van der Waals surface area contributed by atoms with Gasteiger partial charge in [0.15, 0.2) is 5.78 Å². The summed E-state index contributed by atoms with van der Waals surface area (Å²) >= 11 is 0. The van der Waals surface area contributed by atoms with E-state index in [1.54, 1.807) is 6.92 Å². The van der Waals surface area contributed by atoms with E-state index >= 15 is 0 Å². The molecule has 0 radical (unpaired) electrons. The Morgan fingerprint density at radius 1 is 0.785 bits per heavy atom. The quantitative estimate of drug-likeness (QED) is 0.0502. The van der Waals surface area contributed by atoms with E-state index in [-0.39, 0.29) is 48.5 Å². The number of allylic oxidation sites excluding steroid dienone is 5. The number of fused-ring (bicyclic) bond motifs is 7. The van der Waals surface area contributed by atoms with Crippen molar-refractivity contribution in [3.05, 3.63) is 79.5 Å². The number of Topliss-reactive ketones (excluding diaryl/α,β-unsaturated/α-hetero) is 1. The van der Waals surface area contributed by atoms with Gasteiger partial charge in [0.1, 0.15) is 12.5 Å². The van der Waals surface area contributed by atoms with Gasteiger partial charge in [0, 0.05) is 86.7 Å². The van der Waals surface area contributed by atoms with Crippen molar-refractivity contribution in [3.8, 4) is 0 Å². The van der Waals surface area contributed by atoms with E-state index < -0.39 is 18.0 Å². The van der Waals surface area contributed by atoms with E-state index in [4.69, 9.17) is 9.47 Å². The van der Waals surface area contributed by atoms with Crippen molar-refractivity contribution in [2.75, 3.05) is 13.7 Å². The number of ether oxygens (including phenoxy) is 2. The number of methoxy groups -OCH3 is 1. The highest BCUT2D eigenvalue weighted by Gasteiger charge is 2.49. The zero-order valence-corrected chi connectivity index (χ0v) is 41.7. The lowest BCUT2D eigenvalue weighted by Crippen LogP contribution is -2.25. The molecular weight excluding hydrogens is 813 g/mol. The molecule has 3 aliphatic heterocycles. The second-order valence-electron chi connectivity index (χ2n) is 20.6. The number of aromatic amines is 2. The van der Waals surface area contributed by atoms with E-state index in [1.807, 2.05) is 19.9 Å². The maximum absolute atomic E-state index is 14.4. The Hall–Kier alpha value is -4.57. The fourth-order valence-electron chi connectivity index (χ4n) is 11.1. The van der Waals surface area contributed by atoms with Gasteiger partial charge in [-0.05, 0) is 107 Å². The van der Waals surface area contributed by atoms with Crippen LogP contribution in [0.4, 0.5) is 0 Å². The molecule has 5 N–H and O–H groups in total. The van der Waals surface area contributed by atoms with Crippen LogP contribution in [0.15, 0.2) is 34.4 Å². The van der Waals surface area contributed by atoms with E-state index in [2.05, 4.69) is 94.2 Å². The van der Waals surface area contributed by atoms with Crippen molar-refractivity contribution in [1.29, 1.82) is 0 Å². The molecule has 356 valence electrons. The summed E-state index contributed by atoms with van der Waals surface area (Å²) in [7, 11) is 1.32. The van der Waals surface area contributed by atoms with Crippen molar-refractivity contribution in [1.82, 2.24) is 20.6 Å². The highest BCUT2D eigenvalue weighted by atomic mass is 16.5. The first-order chi connectivity index (χ1) is 30.9. The van der Waals surface area contributed by atoms with Crippen molar-refractivity contribution in [2.24, 2.45) is 47.3 Å². The minimum atomic E-state index is -1.16. The minimum absolute atomic E-state index is 0.124. The van der Waals surface area contributed by atoms with Crippen LogP contribution in [0.1, 0.15) is 195 Å². The number of aliphatic hydroxyl groups is 1. The SMILES string of the molecule is CC[C@H]1/C2=C/c3[nH]c4c(c3C)C(=O)[C@H](C(=O)OC)/C4=C3/N/C(=C\c4[nH]c(c([C@@H](C)O)c4C)/C=C(\N2)[C@@H]1C)[C@@H](C)[C@@H]3CCC(=O)OC/C=C(/C)CCC[C@@H](C)CCC[C@H](C)CCCC(C)C. The van der Waals surface area contributed by atoms with E-state index in [0.29, 0.717) is 29.2 Å². The Balaban J connectivity index is 1.21. The number of nitrogens with one attached hydrogen (secondary N) is 4. The summed E-state index contributed by atoms with van der Waals surface area (Å²) in [5, 5.41) is 18.5. The van der Waals surface area contributed by atoms with Gasteiger partial charge in [-0.1, -0.05) is 99.0 Å². The first-order valence-corrected chi connectivity index (χ1v) is 24.9. The fraction of sp³-hybridized carbons (Fsp3) is 0.618. The smallest absolute Gasteiger partial charge is 0.321 e. The summed E-state index contributed by atoms with van der Waals surface area (Å²) in [6, 6.07) is 0. The third-order valence-electron chi connectivity index (χ3n) is 15.2. The van der Waals surface area contributed by atoms with Crippen LogP contribution < -0.4 is 10.6 Å². The average Bonchev–Trinajstić information content (AvgIpc) is 4.00.